The molecule has 30 heavy (non-hydrogen) atoms. The standard InChI is InChI=1S/C23H18N4O2S/c28-18(19-9-5-11-29-19)13-25-22-20-17(15-6-2-1-3-7-15)14-30-23(20)27-21(26-22)16-8-4-10-24-12-16/h1-12,14,18,28H,13H2,(H,25,26,27). The zero-order valence-corrected chi connectivity index (χ0v) is 16.7. The van der Waals surface area contributed by atoms with E-state index < -0.39 is 6.10 Å². The molecule has 1 atom stereocenters. The first-order valence-corrected chi connectivity index (χ1v) is 10.4. The summed E-state index contributed by atoms with van der Waals surface area (Å²) in [6, 6.07) is 17.5. The first-order chi connectivity index (χ1) is 14.8. The third kappa shape index (κ3) is 3.56. The molecular weight excluding hydrogens is 396 g/mol. The first kappa shape index (κ1) is 18.5. The molecule has 0 saturated carbocycles. The third-order valence-corrected chi connectivity index (χ3v) is 5.64. The molecule has 5 aromatic rings. The van der Waals surface area contributed by atoms with Crippen LogP contribution in [-0.2, 0) is 0 Å². The van der Waals surface area contributed by atoms with E-state index in [9.17, 15) is 5.11 Å². The number of nitrogens with zero attached hydrogens (tertiary/aromatic N) is 3. The van der Waals surface area contributed by atoms with Gasteiger partial charge in [0.2, 0.25) is 0 Å². The van der Waals surface area contributed by atoms with Crippen LogP contribution in [0.15, 0.2) is 83.1 Å². The Labute approximate surface area is 176 Å². The number of thiophene rings is 1. The summed E-state index contributed by atoms with van der Waals surface area (Å²) in [5.41, 5.74) is 2.99. The molecule has 0 aliphatic heterocycles. The van der Waals surface area contributed by atoms with E-state index in [4.69, 9.17) is 14.4 Å². The monoisotopic (exact) mass is 414 g/mol. The highest BCUT2D eigenvalue weighted by molar-refractivity contribution is 7.17. The van der Waals surface area contributed by atoms with Gasteiger partial charge in [-0.3, -0.25) is 4.98 Å². The van der Waals surface area contributed by atoms with Gasteiger partial charge in [-0.25, -0.2) is 9.97 Å². The molecule has 0 spiro atoms. The summed E-state index contributed by atoms with van der Waals surface area (Å²) < 4.78 is 5.31. The van der Waals surface area contributed by atoms with Gasteiger partial charge < -0.3 is 14.8 Å². The van der Waals surface area contributed by atoms with Gasteiger partial charge in [0.1, 0.15) is 22.5 Å². The van der Waals surface area contributed by atoms with Crippen molar-refractivity contribution in [2.45, 2.75) is 6.10 Å². The average molecular weight is 414 g/mol. The average Bonchev–Trinajstić information content (AvgIpc) is 3.49. The minimum atomic E-state index is -0.786. The van der Waals surface area contributed by atoms with E-state index in [0.717, 1.165) is 26.9 Å². The lowest BCUT2D eigenvalue weighted by atomic mass is 10.1. The summed E-state index contributed by atoms with van der Waals surface area (Å²) in [7, 11) is 0. The normalized spacial score (nSPS) is 12.2. The fraction of sp³-hybridized carbons (Fsp3) is 0.0870. The predicted molar refractivity (Wildman–Crippen MR) is 118 cm³/mol. The zero-order chi connectivity index (χ0) is 20.3. The molecule has 4 heterocycles. The van der Waals surface area contributed by atoms with E-state index >= 15 is 0 Å². The van der Waals surface area contributed by atoms with Crippen LogP contribution in [0.3, 0.4) is 0 Å². The van der Waals surface area contributed by atoms with Crippen molar-refractivity contribution in [1.29, 1.82) is 0 Å². The van der Waals surface area contributed by atoms with E-state index in [1.54, 1.807) is 42.1 Å². The molecule has 0 aliphatic rings. The summed E-state index contributed by atoms with van der Waals surface area (Å²) >= 11 is 1.57. The molecule has 148 valence electrons. The van der Waals surface area contributed by atoms with Gasteiger partial charge >= 0.3 is 0 Å². The summed E-state index contributed by atoms with van der Waals surface area (Å²) in [5, 5.41) is 16.8. The van der Waals surface area contributed by atoms with E-state index in [2.05, 4.69) is 27.8 Å². The summed E-state index contributed by atoms with van der Waals surface area (Å²) in [4.78, 5) is 14.6. The lowest BCUT2D eigenvalue weighted by molar-refractivity contribution is 0.162. The highest BCUT2D eigenvalue weighted by atomic mass is 32.1. The Balaban J connectivity index is 1.60. The van der Waals surface area contributed by atoms with Crippen molar-refractivity contribution in [2.24, 2.45) is 0 Å². The van der Waals surface area contributed by atoms with Crippen LogP contribution in [-0.4, -0.2) is 26.6 Å². The lowest BCUT2D eigenvalue weighted by Crippen LogP contribution is -2.13. The van der Waals surface area contributed by atoms with Gasteiger partial charge in [-0.05, 0) is 29.8 Å². The number of anilines is 1. The van der Waals surface area contributed by atoms with Crippen molar-refractivity contribution in [1.82, 2.24) is 15.0 Å². The molecule has 2 N–H and O–H groups in total. The van der Waals surface area contributed by atoms with Crippen molar-refractivity contribution < 1.29 is 9.52 Å². The number of aromatic nitrogens is 3. The number of aliphatic hydroxyl groups excluding tert-OH is 1. The Kier molecular flexibility index (Phi) is 4.96. The molecule has 1 aromatic carbocycles. The topological polar surface area (TPSA) is 84.1 Å². The maximum atomic E-state index is 10.5. The third-order valence-electron chi connectivity index (χ3n) is 4.77. The molecule has 0 bridgehead atoms. The minimum Gasteiger partial charge on any atom is -0.467 e. The number of nitrogens with one attached hydrogen (secondary N) is 1. The van der Waals surface area contributed by atoms with Crippen molar-refractivity contribution in [3.05, 3.63) is 84.4 Å². The number of pyridine rings is 1. The largest absolute Gasteiger partial charge is 0.467 e. The van der Waals surface area contributed by atoms with Gasteiger partial charge in [-0.2, -0.15) is 0 Å². The molecule has 0 amide bonds. The van der Waals surface area contributed by atoms with Gasteiger partial charge in [0.05, 0.1) is 11.6 Å². The number of fused-ring (bicyclic) bond motifs is 1. The number of hydrogen-bond acceptors (Lipinski definition) is 7. The van der Waals surface area contributed by atoms with Crippen LogP contribution in [0.1, 0.15) is 11.9 Å². The smallest absolute Gasteiger partial charge is 0.164 e. The quantitative estimate of drug-likeness (QED) is 0.399. The Morgan fingerprint density at radius 1 is 1.00 bits per heavy atom. The number of hydrogen-bond donors (Lipinski definition) is 2. The van der Waals surface area contributed by atoms with E-state index in [-0.39, 0.29) is 6.54 Å². The molecule has 0 radical (unpaired) electrons. The second-order valence-electron chi connectivity index (χ2n) is 6.75. The maximum absolute atomic E-state index is 10.5. The van der Waals surface area contributed by atoms with E-state index in [0.29, 0.717) is 17.4 Å². The minimum absolute atomic E-state index is 0.260. The molecule has 7 heteroatoms. The van der Waals surface area contributed by atoms with Crippen molar-refractivity contribution in [3.63, 3.8) is 0 Å². The van der Waals surface area contributed by atoms with Crippen molar-refractivity contribution in [3.8, 4) is 22.5 Å². The summed E-state index contributed by atoms with van der Waals surface area (Å²) in [6.45, 7) is 0.260. The van der Waals surface area contributed by atoms with Crippen LogP contribution >= 0.6 is 11.3 Å². The molecule has 4 aromatic heterocycles. The maximum Gasteiger partial charge on any atom is 0.164 e. The van der Waals surface area contributed by atoms with Crippen LogP contribution in [0.5, 0.6) is 0 Å². The van der Waals surface area contributed by atoms with Gasteiger partial charge in [0, 0.05) is 35.4 Å². The van der Waals surface area contributed by atoms with Crippen LogP contribution < -0.4 is 5.32 Å². The van der Waals surface area contributed by atoms with Crippen LogP contribution in [0, 0.1) is 0 Å². The second-order valence-corrected chi connectivity index (χ2v) is 7.60. The molecule has 0 aliphatic carbocycles. The SMILES string of the molecule is OC(CNc1nc(-c2cccnc2)nc2scc(-c3ccccc3)c12)c1ccco1. The Morgan fingerprint density at radius 3 is 2.63 bits per heavy atom. The van der Waals surface area contributed by atoms with E-state index in [1.165, 1.54) is 0 Å². The molecular formula is C23H18N4O2S. The number of rotatable bonds is 6. The Hall–Kier alpha value is -3.55. The predicted octanol–water partition coefficient (Wildman–Crippen LogP) is 5.16. The Bertz CT molecular complexity index is 1250. The van der Waals surface area contributed by atoms with Crippen LogP contribution in [0.25, 0.3) is 32.7 Å². The lowest BCUT2D eigenvalue weighted by Gasteiger charge is -2.13. The molecule has 0 fully saturated rings. The van der Waals surface area contributed by atoms with Gasteiger partial charge in [-0.1, -0.05) is 30.3 Å². The van der Waals surface area contributed by atoms with Gasteiger partial charge in [0.25, 0.3) is 0 Å². The van der Waals surface area contributed by atoms with E-state index in [1.807, 2.05) is 30.3 Å². The first-order valence-electron chi connectivity index (χ1n) is 9.50. The van der Waals surface area contributed by atoms with Gasteiger partial charge in [-0.15, -0.1) is 11.3 Å². The summed E-state index contributed by atoms with van der Waals surface area (Å²) in [6.07, 6.45) is 4.23. The zero-order valence-electron chi connectivity index (χ0n) is 15.9. The fourth-order valence-corrected chi connectivity index (χ4v) is 4.25. The number of furan rings is 1. The Morgan fingerprint density at radius 2 is 1.87 bits per heavy atom. The van der Waals surface area contributed by atoms with Crippen molar-refractivity contribution in [2.75, 3.05) is 11.9 Å². The van der Waals surface area contributed by atoms with Gasteiger partial charge in [0.15, 0.2) is 5.82 Å². The van der Waals surface area contributed by atoms with Crippen molar-refractivity contribution >= 4 is 27.4 Å². The van der Waals surface area contributed by atoms with Crippen LogP contribution in [0.4, 0.5) is 5.82 Å². The molecule has 5 rings (SSSR count). The second kappa shape index (κ2) is 8.06. The highest BCUT2D eigenvalue weighted by Crippen LogP contribution is 2.38. The fourth-order valence-electron chi connectivity index (χ4n) is 3.30. The number of benzene rings is 1. The molecule has 1 unspecified atom stereocenters. The molecule has 6 nitrogen and oxygen atoms in total. The van der Waals surface area contributed by atoms with Crippen LogP contribution in [0.2, 0.25) is 0 Å². The highest BCUT2D eigenvalue weighted by Gasteiger charge is 2.18. The number of aliphatic hydroxyl groups is 1. The molecule has 0 saturated heterocycles. The summed E-state index contributed by atoms with van der Waals surface area (Å²) in [5.74, 6) is 1.77.